The van der Waals surface area contributed by atoms with Gasteiger partial charge in [0.1, 0.15) is 5.75 Å². The Morgan fingerprint density at radius 2 is 1.84 bits per heavy atom. The van der Waals surface area contributed by atoms with Crippen LogP contribution in [0.1, 0.15) is 5.56 Å². The highest BCUT2D eigenvalue weighted by atomic mass is 32.2. The van der Waals surface area contributed by atoms with Gasteiger partial charge in [-0.15, -0.1) is 11.8 Å². The van der Waals surface area contributed by atoms with Crippen molar-refractivity contribution in [3.8, 4) is 5.75 Å². The Bertz CT molecular complexity index is 810. The van der Waals surface area contributed by atoms with Gasteiger partial charge in [-0.3, -0.25) is 4.79 Å². The fourth-order valence-electron chi connectivity index (χ4n) is 2.19. The van der Waals surface area contributed by atoms with Crippen molar-refractivity contribution in [2.24, 2.45) is 0 Å². The first-order valence-corrected chi connectivity index (χ1v) is 8.88. The third-order valence-corrected chi connectivity index (χ3v) is 4.36. The summed E-state index contributed by atoms with van der Waals surface area (Å²) in [5.74, 6) is 1.29. The van der Waals surface area contributed by atoms with Gasteiger partial charge in [0.2, 0.25) is 0 Å². The number of pyridine rings is 1. The molecule has 0 unspecified atom stereocenters. The minimum Gasteiger partial charge on any atom is -0.484 e. The molecular formula is C20H18N2O2S. The van der Waals surface area contributed by atoms with Crippen molar-refractivity contribution in [1.82, 2.24) is 4.98 Å². The molecule has 0 radical (unpaired) electrons. The number of hydrogen-bond donors (Lipinski definition) is 1. The number of rotatable bonds is 7. The van der Waals surface area contributed by atoms with Crippen LogP contribution < -0.4 is 10.1 Å². The summed E-state index contributed by atoms with van der Waals surface area (Å²) in [6.07, 6.45) is 1.78. The lowest BCUT2D eigenvalue weighted by Gasteiger charge is -2.09. The zero-order valence-corrected chi connectivity index (χ0v) is 14.4. The molecule has 2 aromatic carbocycles. The smallest absolute Gasteiger partial charge is 0.262 e. The van der Waals surface area contributed by atoms with Crippen LogP contribution in [-0.4, -0.2) is 17.5 Å². The van der Waals surface area contributed by atoms with Crippen molar-refractivity contribution in [2.45, 2.75) is 10.8 Å². The number of anilines is 1. The van der Waals surface area contributed by atoms with Crippen molar-refractivity contribution >= 4 is 23.4 Å². The molecule has 0 atom stereocenters. The largest absolute Gasteiger partial charge is 0.484 e. The highest BCUT2D eigenvalue weighted by Crippen LogP contribution is 2.22. The molecule has 0 aliphatic heterocycles. The second-order valence-corrected chi connectivity index (χ2v) is 6.30. The summed E-state index contributed by atoms with van der Waals surface area (Å²) >= 11 is 1.66. The maximum atomic E-state index is 12.0. The fraction of sp³-hybridized carbons (Fsp3) is 0.100. The molecule has 0 aliphatic carbocycles. The molecule has 5 heteroatoms. The van der Waals surface area contributed by atoms with Gasteiger partial charge in [0.25, 0.3) is 5.91 Å². The van der Waals surface area contributed by atoms with Gasteiger partial charge < -0.3 is 10.1 Å². The second kappa shape index (κ2) is 8.89. The molecule has 25 heavy (non-hydrogen) atoms. The number of benzene rings is 2. The van der Waals surface area contributed by atoms with Crippen LogP contribution in [0.2, 0.25) is 0 Å². The lowest BCUT2D eigenvalue weighted by atomic mass is 10.2. The molecule has 1 N–H and O–H groups in total. The number of amides is 1. The zero-order chi connectivity index (χ0) is 17.3. The minimum absolute atomic E-state index is 0.0169. The van der Waals surface area contributed by atoms with Crippen molar-refractivity contribution in [3.05, 3.63) is 84.6 Å². The van der Waals surface area contributed by atoms with E-state index in [0.29, 0.717) is 5.75 Å². The van der Waals surface area contributed by atoms with E-state index in [1.54, 1.807) is 18.0 Å². The van der Waals surface area contributed by atoms with Crippen LogP contribution in [0, 0.1) is 0 Å². The standard InChI is InChI=1S/C20H18N2O2S/c23-19(14-24-18-9-2-1-3-10-18)22-17-8-6-7-16(13-17)15-25-20-11-4-5-12-21-20/h1-13H,14-15H2,(H,22,23). The Hall–Kier alpha value is -2.79. The van der Waals surface area contributed by atoms with Crippen LogP contribution in [0.25, 0.3) is 0 Å². The van der Waals surface area contributed by atoms with Crippen molar-refractivity contribution in [2.75, 3.05) is 11.9 Å². The van der Waals surface area contributed by atoms with Gasteiger partial charge in [0.05, 0.1) is 5.03 Å². The first-order chi connectivity index (χ1) is 12.3. The lowest BCUT2D eigenvalue weighted by Crippen LogP contribution is -2.20. The summed E-state index contributed by atoms with van der Waals surface area (Å²) in [5, 5.41) is 3.84. The number of carbonyl (C=O) groups is 1. The van der Waals surface area contributed by atoms with E-state index in [1.807, 2.05) is 72.8 Å². The van der Waals surface area contributed by atoms with Gasteiger partial charge >= 0.3 is 0 Å². The predicted molar refractivity (Wildman–Crippen MR) is 101 cm³/mol. The van der Waals surface area contributed by atoms with Gasteiger partial charge in [-0.2, -0.15) is 0 Å². The molecule has 0 aliphatic rings. The molecule has 0 saturated carbocycles. The first-order valence-electron chi connectivity index (χ1n) is 7.90. The Balaban J connectivity index is 1.51. The van der Waals surface area contributed by atoms with Crippen LogP contribution in [-0.2, 0) is 10.5 Å². The van der Waals surface area contributed by atoms with Gasteiger partial charge in [-0.25, -0.2) is 4.98 Å². The highest BCUT2D eigenvalue weighted by molar-refractivity contribution is 7.98. The zero-order valence-electron chi connectivity index (χ0n) is 13.6. The molecule has 1 amide bonds. The summed E-state index contributed by atoms with van der Waals surface area (Å²) in [5.41, 5.74) is 1.89. The van der Waals surface area contributed by atoms with Crippen LogP contribution in [0.4, 0.5) is 5.69 Å². The number of carbonyl (C=O) groups excluding carboxylic acids is 1. The molecule has 0 fully saturated rings. The van der Waals surface area contributed by atoms with Crippen LogP contribution >= 0.6 is 11.8 Å². The Labute approximate surface area is 151 Å². The molecule has 1 heterocycles. The number of nitrogens with one attached hydrogen (secondary N) is 1. The van der Waals surface area contributed by atoms with E-state index in [0.717, 1.165) is 22.0 Å². The van der Waals surface area contributed by atoms with E-state index in [1.165, 1.54) is 0 Å². The van der Waals surface area contributed by atoms with Crippen molar-refractivity contribution in [3.63, 3.8) is 0 Å². The summed E-state index contributed by atoms with van der Waals surface area (Å²) in [4.78, 5) is 16.3. The summed E-state index contributed by atoms with van der Waals surface area (Å²) in [6.45, 7) is -0.0169. The van der Waals surface area contributed by atoms with E-state index < -0.39 is 0 Å². The van der Waals surface area contributed by atoms with E-state index in [4.69, 9.17) is 4.74 Å². The van der Waals surface area contributed by atoms with Gasteiger partial charge in [0, 0.05) is 17.6 Å². The van der Waals surface area contributed by atoms with Crippen LogP contribution in [0.3, 0.4) is 0 Å². The molecular weight excluding hydrogens is 332 g/mol. The third kappa shape index (κ3) is 5.65. The monoisotopic (exact) mass is 350 g/mol. The topological polar surface area (TPSA) is 51.2 Å². The Kier molecular flexibility index (Phi) is 6.06. The molecule has 0 saturated heterocycles. The van der Waals surface area contributed by atoms with Crippen LogP contribution in [0.5, 0.6) is 5.75 Å². The van der Waals surface area contributed by atoms with Gasteiger partial charge in [-0.05, 0) is 42.0 Å². The fourth-order valence-corrected chi connectivity index (χ4v) is 3.00. The van der Waals surface area contributed by atoms with E-state index >= 15 is 0 Å². The number of para-hydroxylation sites is 1. The maximum absolute atomic E-state index is 12.0. The Morgan fingerprint density at radius 1 is 1.00 bits per heavy atom. The highest BCUT2D eigenvalue weighted by Gasteiger charge is 2.05. The van der Waals surface area contributed by atoms with E-state index in [9.17, 15) is 4.79 Å². The normalized spacial score (nSPS) is 10.2. The Morgan fingerprint density at radius 3 is 2.64 bits per heavy atom. The van der Waals surface area contributed by atoms with Gasteiger partial charge in [0.15, 0.2) is 6.61 Å². The summed E-state index contributed by atoms with van der Waals surface area (Å²) < 4.78 is 5.45. The predicted octanol–water partition coefficient (Wildman–Crippen LogP) is 4.39. The average Bonchev–Trinajstić information content (AvgIpc) is 2.67. The van der Waals surface area contributed by atoms with E-state index in [2.05, 4.69) is 10.3 Å². The molecule has 3 aromatic rings. The second-order valence-electron chi connectivity index (χ2n) is 5.31. The quantitative estimate of drug-likeness (QED) is 0.642. The van der Waals surface area contributed by atoms with Crippen molar-refractivity contribution < 1.29 is 9.53 Å². The van der Waals surface area contributed by atoms with E-state index in [-0.39, 0.29) is 12.5 Å². The van der Waals surface area contributed by atoms with Crippen LogP contribution in [0.15, 0.2) is 84.0 Å². The summed E-state index contributed by atoms with van der Waals surface area (Å²) in [6, 6.07) is 23.0. The number of hydrogen-bond acceptors (Lipinski definition) is 4. The summed E-state index contributed by atoms with van der Waals surface area (Å²) in [7, 11) is 0. The van der Waals surface area contributed by atoms with Crippen molar-refractivity contribution in [1.29, 1.82) is 0 Å². The SMILES string of the molecule is O=C(COc1ccccc1)Nc1cccc(CSc2ccccn2)c1. The molecule has 126 valence electrons. The number of aromatic nitrogens is 1. The average molecular weight is 350 g/mol. The molecule has 4 nitrogen and oxygen atoms in total. The number of nitrogens with zero attached hydrogens (tertiary/aromatic N) is 1. The maximum Gasteiger partial charge on any atom is 0.262 e. The lowest BCUT2D eigenvalue weighted by molar-refractivity contribution is -0.118. The number of ether oxygens (including phenoxy) is 1. The number of thioether (sulfide) groups is 1. The molecule has 1 aromatic heterocycles. The molecule has 0 bridgehead atoms. The first kappa shape index (κ1) is 17.0. The minimum atomic E-state index is -0.182. The third-order valence-electron chi connectivity index (χ3n) is 3.35. The molecule has 3 rings (SSSR count). The molecule has 0 spiro atoms. The van der Waals surface area contributed by atoms with Gasteiger partial charge in [-0.1, -0.05) is 36.4 Å².